The predicted octanol–water partition coefficient (Wildman–Crippen LogP) is 1.50. The summed E-state index contributed by atoms with van der Waals surface area (Å²) in [6, 6.07) is 2.09. The summed E-state index contributed by atoms with van der Waals surface area (Å²) in [5, 5.41) is 7.67. The van der Waals surface area contributed by atoms with Gasteiger partial charge in [-0.3, -0.25) is 4.68 Å². The number of hydrogen-bond acceptors (Lipinski definition) is 3. The van der Waals surface area contributed by atoms with Gasteiger partial charge in [-0.15, -0.1) is 0 Å². The Morgan fingerprint density at radius 1 is 1.35 bits per heavy atom. The first kappa shape index (κ1) is 13.4. The van der Waals surface area contributed by atoms with Crippen LogP contribution in [-0.4, -0.2) is 32.4 Å². The van der Waals surface area contributed by atoms with Gasteiger partial charge in [0.15, 0.2) is 0 Å². The first-order valence-electron chi connectivity index (χ1n) is 7.37. The Morgan fingerprint density at radius 2 is 2.15 bits per heavy atom. The van der Waals surface area contributed by atoms with Gasteiger partial charge in [-0.2, -0.15) is 5.10 Å². The molecule has 0 atom stereocenters. The monoisotopic (exact) mass is 273 g/mol. The van der Waals surface area contributed by atoms with E-state index in [9.17, 15) is 0 Å². The Kier molecular flexibility index (Phi) is 3.61. The fourth-order valence-corrected chi connectivity index (χ4v) is 3.12. The number of hydrogen-bond donors (Lipinski definition) is 1. The second-order valence-corrected chi connectivity index (χ2v) is 5.98. The van der Waals surface area contributed by atoms with Crippen LogP contribution in [0.1, 0.15) is 31.2 Å². The van der Waals surface area contributed by atoms with Crippen LogP contribution in [0, 0.1) is 0 Å². The molecular weight excluding hydrogens is 250 g/mol. The predicted molar refractivity (Wildman–Crippen MR) is 78.6 cm³/mol. The second kappa shape index (κ2) is 5.40. The van der Waals surface area contributed by atoms with Crippen molar-refractivity contribution in [3.8, 4) is 0 Å². The van der Waals surface area contributed by atoms with Gasteiger partial charge in [0, 0.05) is 49.2 Å². The van der Waals surface area contributed by atoms with E-state index in [0.29, 0.717) is 0 Å². The van der Waals surface area contributed by atoms with Crippen LogP contribution in [0.4, 0.5) is 0 Å². The molecule has 0 bridgehead atoms. The van der Waals surface area contributed by atoms with Crippen LogP contribution in [0.15, 0.2) is 24.8 Å². The van der Waals surface area contributed by atoms with Crippen LogP contribution in [0.2, 0.25) is 0 Å². The zero-order chi connectivity index (χ0) is 14.0. The molecular formula is C15H23N5. The molecule has 1 N–H and O–H groups in total. The molecule has 0 unspecified atom stereocenters. The lowest BCUT2D eigenvalue weighted by atomic mass is 9.78. The Labute approximate surface area is 120 Å². The van der Waals surface area contributed by atoms with Gasteiger partial charge < -0.3 is 9.88 Å². The van der Waals surface area contributed by atoms with Gasteiger partial charge >= 0.3 is 0 Å². The maximum absolute atomic E-state index is 4.39. The molecule has 3 heterocycles. The van der Waals surface area contributed by atoms with Crippen molar-refractivity contribution < 1.29 is 0 Å². The van der Waals surface area contributed by atoms with E-state index in [2.05, 4.69) is 39.2 Å². The minimum Gasteiger partial charge on any atom is -0.334 e. The highest BCUT2D eigenvalue weighted by atomic mass is 15.3. The summed E-state index contributed by atoms with van der Waals surface area (Å²) in [5.41, 5.74) is 2.90. The summed E-state index contributed by atoms with van der Waals surface area (Å²) in [4.78, 5) is 4.39. The van der Waals surface area contributed by atoms with Crippen molar-refractivity contribution in [2.75, 3.05) is 13.1 Å². The van der Waals surface area contributed by atoms with Gasteiger partial charge in [-0.05, 0) is 32.0 Å². The molecule has 1 aliphatic rings. The summed E-state index contributed by atoms with van der Waals surface area (Å²) < 4.78 is 4.27. The summed E-state index contributed by atoms with van der Waals surface area (Å²) in [6.45, 7) is 5.54. The molecule has 1 saturated heterocycles. The molecule has 5 nitrogen and oxygen atoms in total. The van der Waals surface area contributed by atoms with Crippen LogP contribution in [0.5, 0.6) is 0 Å². The van der Waals surface area contributed by atoms with E-state index in [1.165, 1.54) is 24.2 Å². The third-order valence-electron chi connectivity index (χ3n) is 4.57. The van der Waals surface area contributed by atoms with E-state index in [0.717, 1.165) is 26.1 Å². The van der Waals surface area contributed by atoms with E-state index >= 15 is 0 Å². The summed E-state index contributed by atoms with van der Waals surface area (Å²) in [7, 11) is 2.00. The lowest BCUT2D eigenvalue weighted by molar-refractivity contribution is 0.316. The van der Waals surface area contributed by atoms with Crippen LogP contribution in [0.25, 0.3) is 0 Å². The number of rotatable bonds is 4. The number of aryl methyl sites for hydroxylation is 3. The van der Waals surface area contributed by atoms with Gasteiger partial charge in [0.2, 0.25) is 0 Å². The van der Waals surface area contributed by atoms with Crippen LogP contribution in [-0.2, 0) is 25.4 Å². The molecule has 0 aromatic carbocycles. The second-order valence-electron chi connectivity index (χ2n) is 5.98. The first-order valence-corrected chi connectivity index (χ1v) is 7.37. The summed E-state index contributed by atoms with van der Waals surface area (Å²) in [5.74, 6) is 0. The van der Waals surface area contributed by atoms with E-state index in [1.54, 1.807) is 0 Å². The fourth-order valence-electron chi connectivity index (χ4n) is 3.12. The highest BCUT2D eigenvalue weighted by Gasteiger charge is 2.31. The van der Waals surface area contributed by atoms with Crippen molar-refractivity contribution in [3.63, 3.8) is 0 Å². The number of nitrogens with one attached hydrogen (secondary N) is 1. The van der Waals surface area contributed by atoms with Gasteiger partial charge in [-0.25, -0.2) is 4.98 Å². The fraction of sp³-hybridized carbons (Fsp3) is 0.600. The van der Waals surface area contributed by atoms with Crippen molar-refractivity contribution >= 4 is 0 Å². The Morgan fingerprint density at radius 3 is 2.85 bits per heavy atom. The number of imidazole rings is 1. The molecule has 20 heavy (non-hydrogen) atoms. The Bertz CT molecular complexity index is 562. The SMILES string of the molecule is Cn1nccc1CCn1cncc1C1(C)CCNCC1. The maximum Gasteiger partial charge on any atom is 0.0948 e. The smallest absolute Gasteiger partial charge is 0.0948 e. The van der Waals surface area contributed by atoms with Gasteiger partial charge in [-0.1, -0.05) is 6.92 Å². The van der Waals surface area contributed by atoms with E-state index in [4.69, 9.17) is 0 Å². The molecule has 0 spiro atoms. The quantitative estimate of drug-likeness (QED) is 0.918. The van der Waals surface area contributed by atoms with Gasteiger partial charge in [0.1, 0.15) is 0 Å². The van der Waals surface area contributed by atoms with Gasteiger partial charge in [0.05, 0.1) is 6.33 Å². The number of piperidine rings is 1. The van der Waals surface area contributed by atoms with Crippen LogP contribution < -0.4 is 5.32 Å². The zero-order valence-electron chi connectivity index (χ0n) is 12.3. The van der Waals surface area contributed by atoms with E-state index in [1.807, 2.05) is 24.3 Å². The minimum atomic E-state index is 0.258. The van der Waals surface area contributed by atoms with E-state index in [-0.39, 0.29) is 5.41 Å². The molecule has 0 aliphatic carbocycles. The Hall–Kier alpha value is -1.62. The lowest BCUT2D eigenvalue weighted by Gasteiger charge is -2.34. The van der Waals surface area contributed by atoms with Crippen molar-refractivity contribution in [1.82, 2.24) is 24.6 Å². The van der Waals surface area contributed by atoms with E-state index < -0.39 is 0 Å². The van der Waals surface area contributed by atoms with Crippen molar-refractivity contribution in [3.05, 3.63) is 36.2 Å². The normalized spacial score (nSPS) is 18.3. The summed E-state index contributed by atoms with van der Waals surface area (Å²) in [6.07, 6.45) is 9.24. The van der Waals surface area contributed by atoms with Gasteiger partial charge in [0.25, 0.3) is 0 Å². The molecule has 5 heteroatoms. The first-order chi connectivity index (χ1) is 9.69. The number of nitrogens with zero attached hydrogens (tertiary/aromatic N) is 4. The average molecular weight is 273 g/mol. The molecule has 0 radical (unpaired) electrons. The molecule has 0 amide bonds. The van der Waals surface area contributed by atoms with Crippen LogP contribution >= 0.6 is 0 Å². The third-order valence-corrected chi connectivity index (χ3v) is 4.57. The standard InChI is InChI=1S/C15H23N5/c1-15(5-8-16-9-6-15)14-11-17-12-20(14)10-4-13-3-7-18-19(13)2/h3,7,11-12,16H,4-6,8-10H2,1-2H3. The molecule has 2 aromatic rings. The van der Waals surface area contributed by atoms with Crippen LogP contribution in [0.3, 0.4) is 0 Å². The Balaban J connectivity index is 1.75. The summed E-state index contributed by atoms with van der Waals surface area (Å²) >= 11 is 0. The highest BCUT2D eigenvalue weighted by molar-refractivity contribution is 5.16. The number of aromatic nitrogens is 4. The molecule has 108 valence electrons. The van der Waals surface area contributed by atoms with Crippen molar-refractivity contribution in [1.29, 1.82) is 0 Å². The lowest BCUT2D eigenvalue weighted by Crippen LogP contribution is -2.39. The zero-order valence-corrected chi connectivity index (χ0v) is 12.3. The maximum atomic E-state index is 4.39. The third kappa shape index (κ3) is 2.50. The van der Waals surface area contributed by atoms with Crippen molar-refractivity contribution in [2.45, 2.75) is 38.1 Å². The molecule has 1 fully saturated rings. The van der Waals surface area contributed by atoms with Crippen molar-refractivity contribution in [2.24, 2.45) is 7.05 Å². The molecule has 2 aromatic heterocycles. The molecule has 3 rings (SSSR count). The molecule has 0 saturated carbocycles. The topological polar surface area (TPSA) is 47.7 Å². The average Bonchev–Trinajstić information content (AvgIpc) is 3.06. The highest BCUT2D eigenvalue weighted by Crippen LogP contribution is 2.32. The largest absolute Gasteiger partial charge is 0.334 e. The minimum absolute atomic E-state index is 0.258. The molecule has 1 aliphatic heterocycles.